The number of amides is 1. The Morgan fingerprint density at radius 1 is 1.35 bits per heavy atom. The van der Waals surface area contributed by atoms with Gasteiger partial charge >= 0.3 is 6.18 Å². The maximum absolute atomic E-state index is 12.5. The number of halogens is 4. The first kappa shape index (κ1) is 16.8. The molecule has 20 heavy (non-hydrogen) atoms. The van der Waals surface area contributed by atoms with Crippen LogP contribution < -0.4 is 11.1 Å². The molecule has 7 heteroatoms. The standard InChI is InChI=1S/C13H15F3N2O.ClH/c14-13(15,16)10-4-1-3-9(7-10)8-18-11(19)12(17)5-2-6-12;/h1,3-4,7H,2,5-6,8,17H2,(H,18,19);1H. The Bertz CT molecular complexity index is 487. The minimum absolute atomic E-state index is 0. The van der Waals surface area contributed by atoms with Crippen molar-refractivity contribution in [3.8, 4) is 0 Å². The summed E-state index contributed by atoms with van der Waals surface area (Å²) in [6.45, 7) is 0.0572. The summed E-state index contributed by atoms with van der Waals surface area (Å²) >= 11 is 0. The minimum Gasteiger partial charge on any atom is -0.350 e. The molecule has 1 fully saturated rings. The van der Waals surface area contributed by atoms with E-state index >= 15 is 0 Å². The second-order valence-electron chi connectivity index (χ2n) is 4.89. The van der Waals surface area contributed by atoms with Gasteiger partial charge in [0.2, 0.25) is 5.91 Å². The fourth-order valence-corrected chi connectivity index (χ4v) is 2.00. The highest BCUT2D eigenvalue weighted by Gasteiger charge is 2.39. The van der Waals surface area contributed by atoms with Crippen LogP contribution in [0.5, 0.6) is 0 Å². The molecule has 1 amide bonds. The Morgan fingerprint density at radius 2 is 2.00 bits per heavy atom. The van der Waals surface area contributed by atoms with E-state index in [-0.39, 0.29) is 24.9 Å². The van der Waals surface area contributed by atoms with E-state index in [4.69, 9.17) is 5.73 Å². The van der Waals surface area contributed by atoms with Crippen LogP contribution in [0.1, 0.15) is 30.4 Å². The fourth-order valence-electron chi connectivity index (χ4n) is 2.00. The average Bonchev–Trinajstić information content (AvgIpc) is 2.32. The number of carbonyl (C=O) groups excluding carboxylic acids is 1. The first-order valence-electron chi connectivity index (χ1n) is 6.05. The van der Waals surface area contributed by atoms with Gasteiger partial charge in [0.05, 0.1) is 11.1 Å². The maximum atomic E-state index is 12.5. The van der Waals surface area contributed by atoms with Crippen LogP contribution in [-0.4, -0.2) is 11.4 Å². The summed E-state index contributed by atoms with van der Waals surface area (Å²) in [4.78, 5) is 11.7. The van der Waals surface area contributed by atoms with Crippen molar-refractivity contribution in [2.45, 2.75) is 37.5 Å². The van der Waals surface area contributed by atoms with Gasteiger partial charge in [0.1, 0.15) is 0 Å². The molecular weight excluding hydrogens is 293 g/mol. The van der Waals surface area contributed by atoms with Gasteiger partial charge in [-0.2, -0.15) is 13.2 Å². The van der Waals surface area contributed by atoms with E-state index in [9.17, 15) is 18.0 Å². The molecule has 3 nitrogen and oxygen atoms in total. The fraction of sp³-hybridized carbons (Fsp3) is 0.462. The van der Waals surface area contributed by atoms with Gasteiger partial charge in [-0.1, -0.05) is 12.1 Å². The number of alkyl halides is 3. The van der Waals surface area contributed by atoms with Crippen LogP contribution >= 0.6 is 12.4 Å². The van der Waals surface area contributed by atoms with Crippen molar-refractivity contribution < 1.29 is 18.0 Å². The molecule has 0 heterocycles. The van der Waals surface area contributed by atoms with Crippen LogP contribution in [0.15, 0.2) is 24.3 Å². The van der Waals surface area contributed by atoms with E-state index in [1.807, 2.05) is 0 Å². The van der Waals surface area contributed by atoms with Crippen molar-refractivity contribution in [1.82, 2.24) is 5.32 Å². The number of carbonyl (C=O) groups is 1. The molecule has 0 aromatic heterocycles. The third-order valence-corrected chi connectivity index (χ3v) is 3.41. The molecule has 0 saturated heterocycles. The van der Waals surface area contributed by atoms with E-state index in [2.05, 4.69) is 5.32 Å². The van der Waals surface area contributed by atoms with Crippen LogP contribution in [0.4, 0.5) is 13.2 Å². The Labute approximate surface area is 121 Å². The predicted molar refractivity (Wildman–Crippen MR) is 71.3 cm³/mol. The van der Waals surface area contributed by atoms with Crippen molar-refractivity contribution in [3.63, 3.8) is 0 Å². The van der Waals surface area contributed by atoms with Gasteiger partial charge in [-0.15, -0.1) is 12.4 Å². The van der Waals surface area contributed by atoms with Crippen LogP contribution in [0.2, 0.25) is 0 Å². The van der Waals surface area contributed by atoms with E-state index in [1.54, 1.807) is 6.07 Å². The third-order valence-electron chi connectivity index (χ3n) is 3.41. The molecule has 1 aliphatic carbocycles. The lowest BCUT2D eigenvalue weighted by Crippen LogP contribution is -2.58. The zero-order valence-corrected chi connectivity index (χ0v) is 11.5. The number of hydrogen-bond acceptors (Lipinski definition) is 2. The second-order valence-corrected chi connectivity index (χ2v) is 4.89. The van der Waals surface area contributed by atoms with Crippen LogP contribution in [0, 0.1) is 0 Å². The number of rotatable bonds is 3. The summed E-state index contributed by atoms with van der Waals surface area (Å²) in [5.41, 5.74) is 4.68. The highest BCUT2D eigenvalue weighted by Crippen LogP contribution is 2.30. The number of nitrogens with two attached hydrogens (primary N) is 1. The van der Waals surface area contributed by atoms with Crippen molar-refractivity contribution in [2.75, 3.05) is 0 Å². The summed E-state index contributed by atoms with van der Waals surface area (Å²) in [6, 6.07) is 4.90. The number of nitrogens with one attached hydrogen (secondary N) is 1. The van der Waals surface area contributed by atoms with E-state index in [1.165, 1.54) is 6.07 Å². The minimum atomic E-state index is -4.37. The molecule has 1 saturated carbocycles. The molecule has 1 aromatic rings. The summed E-state index contributed by atoms with van der Waals surface area (Å²) in [7, 11) is 0. The average molecular weight is 309 g/mol. The first-order valence-corrected chi connectivity index (χ1v) is 6.05. The Hall–Kier alpha value is -1.27. The summed E-state index contributed by atoms with van der Waals surface area (Å²) in [5.74, 6) is -0.295. The molecule has 1 aromatic carbocycles. The van der Waals surface area contributed by atoms with Gasteiger partial charge in [0.15, 0.2) is 0 Å². The lowest BCUT2D eigenvalue weighted by molar-refractivity contribution is -0.137. The highest BCUT2D eigenvalue weighted by molar-refractivity contribution is 5.87. The van der Waals surface area contributed by atoms with Gasteiger partial charge in [-0.25, -0.2) is 0 Å². The molecule has 0 bridgehead atoms. The number of hydrogen-bond donors (Lipinski definition) is 2. The Morgan fingerprint density at radius 3 is 2.50 bits per heavy atom. The first-order chi connectivity index (χ1) is 8.81. The molecular formula is C13H16ClF3N2O. The van der Waals surface area contributed by atoms with E-state index < -0.39 is 17.3 Å². The zero-order chi connectivity index (χ0) is 14.1. The molecule has 0 aliphatic heterocycles. The van der Waals surface area contributed by atoms with Gasteiger partial charge < -0.3 is 11.1 Å². The quantitative estimate of drug-likeness (QED) is 0.902. The van der Waals surface area contributed by atoms with Crippen molar-refractivity contribution in [1.29, 1.82) is 0 Å². The van der Waals surface area contributed by atoms with Crippen molar-refractivity contribution >= 4 is 18.3 Å². The summed E-state index contributed by atoms with van der Waals surface area (Å²) in [6.07, 6.45) is -2.21. The molecule has 0 radical (unpaired) electrons. The number of benzene rings is 1. The topological polar surface area (TPSA) is 55.1 Å². The smallest absolute Gasteiger partial charge is 0.350 e. The summed E-state index contributed by atoms with van der Waals surface area (Å²) in [5, 5.41) is 2.59. The van der Waals surface area contributed by atoms with E-state index in [0.29, 0.717) is 18.4 Å². The molecule has 2 rings (SSSR count). The Balaban J connectivity index is 0.00000200. The van der Waals surface area contributed by atoms with Crippen molar-refractivity contribution in [2.24, 2.45) is 5.73 Å². The maximum Gasteiger partial charge on any atom is 0.416 e. The largest absolute Gasteiger partial charge is 0.416 e. The lowest BCUT2D eigenvalue weighted by atomic mass is 9.77. The molecule has 0 unspecified atom stereocenters. The summed E-state index contributed by atoms with van der Waals surface area (Å²) < 4.78 is 37.5. The van der Waals surface area contributed by atoms with Gasteiger partial charge in [0, 0.05) is 6.54 Å². The zero-order valence-electron chi connectivity index (χ0n) is 10.7. The van der Waals surface area contributed by atoms with Crippen LogP contribution in [0.25, 0.3) is 0 Å². The molecule has 0 atom stereocenters. The molecule has 0 spiro atoms. The monoisotopic (exact) mass is 308 g/mol. The van der Waals surface area contributed by atoms with Crippen LogP contribution in [0.3, 0.4) is 0 Å². The second kappa shape index (κ2) is 6.01. The van der Waals surface area contributed by atoms with E-state index in [0.717, 1.165) is 18.6 Å². The van der Waals surface area contributed by atoms with Gasteiger partial charge in [0.25, 0.3) is 0 Å². The SMILES string of the molecule is Cl.NC1(C(=O)NCc2cccc(C(F)(F)F)c2)CCC1. The molecule has 1 aliphatic rings. The van der Waals surface area contributed by atoms with Crippen LogP contribution in [-0.2, 0) is 17.5 Å². The normalized spacial score (nSPS) is 16.8. The molecule has 112 valence electrons. The highest BCUT2D eigenvalue weighted by atomic mass is 35.5. The van der Waals surface area contributed by atoms with Gasteiger partial charge in [-0.3, -0.25) is 4.79 Å². The third kappa shape index (κ3) is 3.64. The molecule has 3 N–H and O–H groups in total. The van der Waals surface area contributed by atoms with Crippen molar-refractivity contribution in [3.05, 3.63) is 35.4 Å². The lowest BCUT2D eigenvalue weighted by Gasteiger charge is -2.36. The Kier molecular flexibility index (Phi) is 5.05. The predicted octanol–water partition coefficient (Wildman–Crippen LogP) is 2.62. The van der Waals surface area contributed by atoms with Gasteiger partial charge in [-0.05, 0) is 37.0 Å².